The molecule has 166 valence electrons. The van der Waals surface area contributed by atoms with Gasteiger partial charge in [0.1, 0.15) is 17.1 Å². The van der Waals surface area contributed by atoms with Gasteiger partial charge in [-0.2, -0.15) is 5.10 Å². The number of carbonyl (C=O) groups excluding carboxylic acids is 1. The third-order valence-electron chi connectivity index (χ3n) is 5.39. The molecule has 0 aliphatic heterocycles. The summed E-state index contributed by atoms with van der Waals surface area (Å²) in [5, 5.41) is 16.9. The lowest BCUT2D eigenvalue weighted by Crippen LogP contribution is -2.09. The molecular formula is C23H17ClN4O5. The average molecular weight is 465 g/mol. The summed E-state index contributed by atoms with van der Waals surface area (Å²) < 4.78 is 17.6. The topological polar surface area (TPSA) is 126 Å². The lowest BCUT2D eigenvalue weighted by atomic mass is 10.00. The van der Waals surface area contributed by atoms with Gasteiger partial charge in [-0.1, -0.05) is 11.6 Å². The smallest absolute Gasteiger partial charge is 0.206 e. The van der Waals surface area contributed by atoms with Gasteiger partial charge in [-0.25, -0.2) is 4.68 Å². The maximum absolute atomic E-state index is 13.6. The molecule has 0 radical (unpaired) electrons. The highest BCUT2D eigenvalue weighted by atomic mass is 35.5. The van der Waals surface area contributed by atoms with Gasteiger partial charge >= 0.3 is 0 Å². The Labute approximate surface area is 191 Å². The number of phenols is 1. The predicted octanol–water partition coefficient (Wildman–Crippen LogP) is 4.36. The number of methoxy groups -OCH3 is 2. The molecule has 33 heavy (non-hydrogen) atoms. The number of halogens is 1. The Morgan fingerprint density at radius 3 is 2.70 bits per heavy atom. The zero-order chi connectivity index (χ0) is 23.3. The van der Waals surface area contributed by atoms with Crippen LogP contribution in [0.1, 0.15) is 15.9 Å². The van der Waals surface area contributed by atoms with E-state index in [1.54, 1.807) is 36.5 Å². The van der Waals surface area contributed by atoms with Crippen molar-refractivity contribution < 1.29 is 23.8 Å². The zero-order valence-corrected chi connectivity index (χ0v) is 18.3. The van der Waals surface area contributed by atoms with Gasteiger partial charge in [-0.15, -0.1) is 0 Å². The van der Waals surface area contributed by atoms with Crippen LogP contribution in [0.25, 0.3) is 27.6 Å². The number of carbonyl (C=O) groups is 1. The third-order valence-corrected chi connectivity index (χ3v) is 5.63. The molecule has 0 saturated heterocycles. The number of benzene rings is 2. The van der Waals surface area contributed by atoms with E-state index in [1.165, 1.54) is 31.4 Å². The van der Waals surface area contributed by atoms with E-state index in [0.29, 0.717) is 21.6 Å². The summed E-state index contributed by atoms with van der Waals surface area (Å²) in [4.78, 5) is 17.9. The number of anilines is 1. The molecular weight excluding hydrogens is 448 g/mol. The highest BCUT2D eigenvalue weighted by Gasteiger charge is 2.30. The van der Waals surface area contributed by atoms with E-state index in [0.717, 1.165) is 5.39 Å². The quantitative estimate of drug-likeness (QED) is 0.367. The molecule has 5 rings (SSSR count). The number of hydrogen-bond donors (Lipinski definition) is 2. The molecule has 9 nitrogen and oxygen atoms in total. The second-order valence-electron chi connectivity index (χ2n) is 7.13. The van der Waals surface area contributed by atoms with Crippen molar-refractivity contribution in [2.24, 2.45) is 0 Å². The molecule has 0 aliphatic rings. The van der Waals surface area contributed by atoms with Crippen LogP contribution in [0, 0.1) is 0 Å². The number of aromatic hydroxyl groups is 1. The first-order valence-corrected chi connectivity index (χ1v) is 10.1. The Morgan fingerprint density at radius 2 is 1.94 bits per heavy atom. The summed E-state index contributed by atoms with van der Waals surface area (Å²) in [5.41, 5.74) is 7.85. The highest BCUT2D eigenvalue weighted by Crippen LogP contribution is 2.46. The van der Waals surface area contributed by atoms with Crippen LogP contribution in [0.2, 0.25) is 5.02 Å². The van der Waals surface area contributed by atoms with Gasteiger partial charge < -0.3 is 24.7 Å². The summed E-state index contributed by atoms with van der Waals surface area (Å²) in [6, 6.07) is 8.60. The SMILES string of the molecule is COc1c(C(=O)c2cnn(-c3ccnc4cc(Cl)ccc34)c2N)c(O)c(OC)c2occc12. The Kier molecular flexibility index (Phi) is 4.83. The monoisotopic (exact) mass is 464 g/mol. The van der Waals surface area contributed by atoms with Crippen LogP contribution >= 0.6 is 11.6 Å². The number of ether oxygens (including phenoxy) is 2. The number of nitrogens with zero attached hydrogens (tertiary/aromatic N) is 3. The first-order chi connectivity index (χ1) is 16.0. The normalized spacial score (nSPS) is 11.2. The number of hydrogen-bond acceptors (Lipinski definition) is 8. The van der Waals surface area contributed by atoms with Crippen LogP contribution in [0.5, 0.6) is 17.2 Å². The van der Waals surface area contributed by atoms with Crippen molar-refractivity contribution in [1.82, 2.24) is 14.8 Å². The van der Waals surface area contributed by atoms with Crippen molar-refractivity contribution in [3.05, 3.63) is 65.1 Å². The fourth-order valence-corrected chi connectivity index (χ4v) is 4.06. The molecule has 0 atom stereocenters. The number of nitrogens with two attached hydrogens (primary N) is 1. The predicted molar refractivity (Wildman–Crippen MR) is 123 cm³/mol. The Bertz CT molecular complexity index is 1560. The Morgan fingerprint density at radius 1 is 1.15 bits per heavy atom. The molecule has 3 aromatic heterocycles. The second kappa shape index (κ2) is 7.72. The van der Waals surface area contributed by atoms with Crippen molar-refractivity contribution in [3.8, 4) is 22.9 Å². The minimum absolute atomic E-state index is 0.0159. The molecule has 10 heteroatoms. The number of furan rings is 1. The molecule has 0 amide bonds. The summed E-state index contributed by atoms with van der Waals surface area (Å²) in [5.74, 6) is -0.774. The van der Waals surface area contributed by atoms with E-state index in [4.69, 9.17) is 31.2 Å². The van der Waals surface area contributed by atoms with Crippen LogP contribution in [0.3, 0.4) is 0 Å². The number of pyridine rings is 1. The van der Waals surface area contributed by atoms with E-state index in [2.05, 4.69) is 10.1 Å². The standard InChI is InChI=1S/C23H17ClN4O5/c1-31-20-13-6-8-33-21(13)22(32-2)19(30)17(20)18(29)14-10-27-28(23(14)25)16-5-7-26-15-9-11(24)3-4-12(15)16/h3-10,30H,25H2,1-2H3. The minimum Gasteiger partial charge on any atom is -0.504 e. The molecule has 0 unspecified atom stereocenters. The zero-order valence-electron chi connectivity index (χ0n) is 17.5. The van der Waals surface area contributed by atoms with Gasteiger partial charge in [-0.3, -0.25) is 9.78 Å². The number of ketones is 1. The number of nitrogen functional groups attached to an aromatic ring is 1. The van der Waals surface area contributed by atoms with Gasteiger partial charge in [0.2, 0.25) is 11.5 Å². The van der Waals surface area contributed by atoms with Gasteiger partial charge in [0, 0.05) is 16.6 Å². The van der Waals surface area contributed by atoms with Crippen LogP contribution < -0.4 is 15.2 Å². The van der Waals surface area contributed by atoms with Gasteiger partial charge in [-0.05, 0) is 30.3 Å². The van der Waals surface area contributed by atoms with Crippen molar-refractivity contribution in [3.63, 3.8) is 0 Å². The number of rotatable bonds is 5. The minimum atomic E-state index is -0.587. The van der Waals surface area contributed by atoms with Crippen LogP contribution in [-0.2, 0) is 0 Å². The fourth-order valence-electron chi connectivity index (χ4n) is 3.89. The first-order valence-electron chi connectivity index (χ1n) is 9.73. The van der Waals surface area contributed by atoms with Crippen molar-refractivity contribution >= 4 is 45.1 Å². The first kappa shape index (κ1) is 20.7. The molecule has 5 aromatic rings. The largest absolute Gasteiger partial charge is 0.504 e. The van der Waals surface area contributed by atoms with Gasteiger partial charge in [0.05, 0.1) is 48.8 Å². The molecule has 0 bridgehead atoms. The summed E-state index contributed by atoms with van der Waals surface area (Å²) >= 11 is 6.08. The van der Waals surface area contributed by atoms with Crippen molar-refractivity contribution in [2.75, 3.05) is 20.0 Å². The van der Waals surface area contributed by atoms with Gasteiger partial charge in [0.15, 0.2) is 11.3 Å². The molecule has 0 fully saturated rings. The average Bonchev–Trinajstić information content (AvgIpc) is 3.44. The third kappa shape index (κ3) is 3.05. The fraction of sp³-hybridized carbons (Fsp3) is 0.0870. The molecule has 0 spiro atoms. The molecule has 0 aliphatic carbocycles. The molecule has 3 heterocycles. The Balaban J connectivity index is 1.69. The van der Waals surface area contributed by atoms with E-state index < -0.39 is 11.5 Å². The summed E-state index contributed by atoms with van der Waals surface area (Å²) in [6.45, 7) is 0. The van der Waals surface area contributed by atoms with E-state index >= 15 is 0 Å². The maximum Gasteiger partial charge on any atom is 0.206 e. The van der Waals surface area contributed by atoms with Crippen LogP contribution in [0.4, 0.5) is 5.82 Å². The lowest BCUT2D eigenvalue weighted by Gasteiger charge is -2.14. The molecule has 0 saturated carbocycles. The van der Waals surface area contributed by atoms with E-state index in [-0.39, 0.29) is 34.0 Å². The number of aromatic nitrogens is 3. The van der Waals surface area contributed by atoms with E-state index in [9.17, 15) is 9.90 Å². The van der Waals surface area contributed by atoms with Crippen LogP contribution in [-0.4, -0.2) is 39.9 Å². The van der Waals surface area contributed by atoms with Gasteiger partial charge in [0.25, 0.3) is 0 Å². The Hall–Kier alpha value is -4.24. The van der Waals surface area contributed by atoms with E-state index in [1.807, 2.05) is 0 Å². The summed E-state index contributed by atoms with van der Waals surface area (Å²) in [6.07, 6.45) is 4.35. The number of fused-ring (bicyclic) bond motifs is 2. The number of phenolic OH excluding ortho intramolecular Hbond substituents is 1. The van der Waals surface area contributed by atoms with Crippen molar-refractivity contribution in [2.45, 2.75) is 0 Å². The molecule has 2 aromatic carbocycles. The molecule has 3 N–H and O–H groups in total. The summed E-state index contributed by atoms with van der Waals surface area (Å²) in [7, 11) is 2.76. The van der Waals surface area contributed by atoms with Crippen molar-refractivity contribution in [1.29, 1.82) is 0 Å². The second-order valence-corrected chi connectivity index (χ2v) is 7.57. The highest BCUT2D eigenvalue weighted by molar-refractivity contribution is 6.31. The van der Waals surface area contributed by atoms with Crippen LogP contribution in [0.15, 0.2) is 53.4 Å². The lowest BCUT2D eigenvalue weighted by molar-refractivity contribution is 0.103. The maximum atomic E-state index is 13.6.